The molecule has 4 aliphatic carbocycles. The van der Waals surface area contributed by atoms with E-state index in [1.807, 2.05) is 37.3 Å². The van der Waals surface area contributed by atoms with Crippen LogP contribution in [0.25, 0.3) is 0 Å². The highest BCUT2D eigenvalue weighted by Crippen LogP contribution is 2.77. The van der Waals surface area contributed by atoms with Gasteiger partial charge in [0, 0.05) is 124 Å². The monoisotopic (exact) mass is 1170 g/mol. The third-order valence-corrected chi connectivity index (χ3v) is 21.0. The van der Waals surface area contributed by atoms with Gasteiger partial charge in [-0.2, -0.15) is 0 Å². The Labute approximate surface area is 493 Å². The first-order chi connectivity index (χ1) is 39.8. The molecule has 8 aliphatic rings. The molecule has 0 spiro atoms. The molecular formula is C64H81N9O8S2. The second-order valence-corrected chi connectivity index (χ2v) is 28.2. The summed E-state index contributed by atoms with van der Waals surface area (Å²) in [5, 5.41) is 9.21. The van der Waals surface area contributed by atoms with E-state index >= 15 is 0 Å². The Balaban J connectivity index is 0.616. The Hall–Kier alpha value is -6.09. The van der Waals surface area contributed by atoms with Crippen molar-refractivity contribution < 1.29 is 37.1 Å². The number of thioether (sulfide) groups is 1. The number of hydrogen-bond acceptors (Lipinski definition) is 15. The van der Waals surface area contributed by atoms with Crippen molar-refractivity contribution in [2.45, 2.75) is 107 Å². The Kier molecular flexibility index (Phi) is 17.3. The molecule has 83 heavy (non-hydrogen) atoms. The molecule has 4 aliphatic heterocycles. The fraction of sp³-hybridized carbons (Fsp3) is 0.516. The molecule has 4 aromatic rings. The number of anilines is 3. The summed E-state index contributed by atoms with van der Waals surface area (Å²) < 4.78 is 35.8. The number of piperidine rings is 1. The van der Waals surface area contributed by atoms with Crippen molar-refractivity contribution in [3.05, 3.63) is 124 Å². The lowest BCUT2D eigenvalue weighted by molar-refractivity contribution is -0.167. The molecule has 3 saturated heterocycles. The first-order valence-corrected chi connectivity index (χ1v) is 32.3. The van der Waals surface area contributed by atoms with Gasteiger partial charge in [-0.25, -0.2) is 13.1 Å². The SMILES string of the molecule is Cc1cc(S(=O)(=O)NC(=O)c2ccc(N3CCN(CC4=C(C56CC(C)(C5)C6)CC(C)(C)CC4)CC3)cc2)ccc1N[C@H](CCN1CCN(CCOCCNc2cccc3c2C(=O)N(C2CCC(=O)NC2=O)C3=O)CC1)CSc1ccccc1. The third kappa shape index (κ3) is 13.2. The van der Waals surface area contributed by atoms with E-state index in [0.717, 1.165) is 106 Å². The van der Waals surface area contributed by atoms with Gasteiger partial charge in [-0.1, -0.05) is 56.2 Å². The summed E-state index contributed by atoms with van der Waals surface area (Å²) in [6.45, 7) is 20.8. The lowest BCUT2D eigenvalue weighted by Crippen LogP contribution is -2.61. The Morgan fingerprint density at radius 1 is 0.783 bits per heavy atom. The molecule has 4 N–H and O–H groups in total. The molecule has 0 aromatic heterocycles. The van der Waals surface area contributed by atoms with Gasteiger partial charge < -0.3 is 25.2 Å². The van der Waals surface area contributed by atoms with Crippen LogP contribution in [0.15, 0.2) is 112 Å². The number of hydrogen-bond donors (Lipinski definition) is 4. The minimum atomic E-state index is -4.16. The van der Waals surface area contributed by atoms with Crippen molar-refractivity contribution in [3.8, 4) is 0 Å². The number of benzene rings is 4. The second kappa shape index (κ2) is 24.5. The topological polar surface area (TPSA) is 193 Å². The minimum Gasteiger partial charge on any atom is -0.382 e. The molecule has 2 bridgehead atoms. The number of allylic oxidation sites excluding steroid dienone is 1. The van der Waals surface area contributed by atoms with Crippen molar-refractivity contribution in [2.75, 3.05) is 113 Å². The normalized spacial score (nSPS) is 24.2. The number of nitrogens with one attached hydrogen (secondary N) is 4. The molecule has 19 heteroatoms. The predicted octanol–water partition coefficient (Wildman–Crippen LogP) is 8.04. The van der Waals surface area contributed by atoms with Gasteiger partial charge in [-0.3, -0.25) is 44.0 Å². The Morgan fingerprint density at radius 3 is 2.19 bits per heavy atom. The maximum absolute atomic E-state index is 13.7. The summed E-state index contributed by atoms with van der Waals surface area (Å²) in [6.07, 6.45) is 8.94. The van der Waals surface area contributed by atoms with Gasteiger partial charge in [0.15, 0.2) is 0 Å². The van der Waals surface area contributed by atoms with Gasteiger partial charge in [0.25, 0.3) is 27.7 Å². The highest BCUT2D eigenvalue weighted by molar-refractivity contribution is 7.99. The molecule has 442 valence electrons. The number of rotatable bonds is 23. The van der Waals surface area contributed by atoms with Crippen LogP contribution < -0.4 is 25.6 Å². The molecule has 5 amide bonds. The summed E-state index contributed by atoms with van der Waals surface area (Å²) in [6, 6.07) is 26.7. The molecule has 17 nitrogen and oxygen atoms in total. The van der Waals surface area contributed by atoms with E-state index in [0.29, 0.717) is 47.3 Å². The minimum absolute atomic E-state index is 0.0324. The smallest absolute Gasteiger partial charge is 0.264 e. The van der Waals surface area contributed by atoms with Crippen LogP contribution in [-0.4, -0.2) is 167 Å². The van der Waals surface area contributed by atoms with Gasteiger partial charge in [-0.05, 0) is 147 Å². The first kappa shape index (κ1) is 58.7. The average Bonchev–Trinajstić information content (AvgIpc) is 1.40. The van der Waals surface area contributed by atoms with E-state index in [-0.39, 0.29) is 34.9 Å². The molecule has 4 heterocycles. The number of imide groups is 2. The summed E-state index contributed by atoms with van der Waals surface area (Å²) in [7, 11) is -4.16. The van der Waals surface area contributed by atoms with Crippen LogP contribution in [0.3, 0.4) is 0 Å². The first-order valence-electron chi connectivity index (χ1n) is 29.9. The molecule has 4 aromatic carbocycles. The number of nitrogens with zero attached hydrogens (tertiary/aromatic N) is 5. The fourth-order valence-corrected chi connectivity index (χ4v) is 16.1. The zero-order valence-electron chi connectivity index (χ0n) is 48.6. The molecule has 3 saturated carbocycles. The van der Waals surface area contributed by atoms with E-state index in [9.17, 15) is 32.4 Å². The Bertz CT molecular complexity index is 3230. The molecule has 12 rings (SSSR count). The second-order valence-electron chi connectivity index (χ2n) is 25.4. The van der Waals surface area contributed by atoms with Gasteiger partial charge >= 0.3 is 0 Å². The zero-order chi connectivity index (χ0) is 58.1. The van der Waals surface area contributed by atoms with E-state index in [4.69, 9.17) is 4.74 Å². The zero-order valence-corrected chi connectivity index (χ0v) is 50.2. The van der Waals surface area contributed by atoms with Gasteiger partial charge in [0.1, 0.15) is 6.04 Å². The summed E-state index contributed by atoms with van der Waals surface area (Å²) in [5.41, 5.74) is 8.91. The number of sulfonamides is 1. The number of piperazine rings is 2. The quantitative estimate of drug-likeness (QED) is 0.0241. The van der Waals surface area contributed by atoms with Crippen LogP contribution in [-0.2, 0) is 24.3 Å². The third-order valence-electron chi connectivity index (χ3n) is 18.5. The van der Waals surface area contributed by atoms with Crippen LogP contribution in [0.1, 0.15) is 115 Å². The highest BCUT2D eigenvalue weighted by Gasteiger charge is 2.67. The van der Waals surface area contributed by atoms with E-state index in [2.05, 4.69) is 73.2 Å². The number of fused-ring (bicyclic) bond motifs is 1. The fourth-order valence-electron chi connectivity index (χ4n) is 14.1. The van der Waals surface area contributed by atoms with Crippen molar-refractivity contribution in [2.24, 2.45) is 16.2 Å². The van der Waals surface area contributed by atoms with Crippen LogP contribution in [0, 0.1) is 23.2 Å². The summed E-state index contributed by atoms with van der Waals surface area (Å²) in [4.78, 5) is 76.4. The van der Waals surface area contributed by atoms with Crippen molar-refractivity contribution in [1.29, 1.82) is 0 Å². The standard InChI is InChI=1S/C64H81N9O8S2/c1-44-37-50(83(79,80)68-58(75)45-13-15-48(16-14-45)72-32-30-71(31-33-72)39-46-21-23-62(2,3)38-52(46)64-41-63(4,42-64)43-64)17-18-53(44)66-47(40-82-49-9-6-5-7-10-49)22-25-69-26-28-70(29-27-69)34-36-81-35-24-65-54-12-8-11-51-57(54)61(78)73(60(51)77)55-19-20-56(74)67-59(55)76/h5-18,37,47,55,65-66H,19-36,38-43H2,1-4H3,(H,68,75)(H,67,74,76)/t47-,55?,63?,64?/m1/s1. The van der Waals surface area contributed by atoms with Crippen LogP contribution in [0.5, 0.6) is 0 Å². The van der Waals surface area contributed by atoms with Crippen molar-refractivity contribution in [1.82, 2.24) is 29.6 Å². The van der Waals surface area contributed by atoms with Crippen molar-refractivity contribution in [3.63, 3.8) is 0 Å². The molecule has 2 atom stereocenters. The Morgan fingerprint density at radius 2 is 1.49 bits per heavy atom. The summed E-state index contributed by atoms with van der Waals surface area (Å²) in [5.74, 6) is -2.00. The molecular weight excluding hydrogens is 1090 g/mol. The van der Waals surface area contributed by atoms with Crippen LogP contribution in [0.2, 0.25) is 0 Å². The lowest BCUT2D eigenvalue weighted by Gasteiger charge is -2.72. The van der Waals surface area contributed by atoms with E-state index in [1.165, 1.54) is 43.4 Å². The maximum Gasteiger partial charge on any atom is 0.264 e. The number of aryl methyl sites for hydroxylation is 1. The largest absolute Gasteiger partial charge is 0.382 e. The summed E-state index contributed by atoms with van der Waals surface area (Å²) >= 11 is 1.79. The molecule has 6 fully saturated rings. The van der Waals surface area contributed by atoms with Gasteiger partial charge in [-0.15, -0.1) is 11.8 Å². The number of carbonyl (C=O) groups excluding carboxylic acids is 5. The number of amides is 5. The number of ether oxygens (including phenoxy) is 1. The maximum atomic E-state index is 13.7. The molecule has 0 radical (unpaired) electrons. The predicted molar refractivity (Wildman–Crippen MR) is 324 cm³/mol. The van der Waals surface area contributed by atoms with Crippen LogP contribution in [0.4, 0.5) is 17.1 Å². The highest BCUT2D eigenvalue weighted by atomic mass is 32.2. The van der Waals surface area contributed by atoms with Crippen molar-refractivity contribution >= 4 is 68.4 Å². The average molecular weight is 1170 g/mol. The van der Waals surface area contributed by atoms with Gasteiger partial charge in [0.2, 0.25) is 11.8 Å². The van der Waals surface area contributed by atoms with E-state index in [1.54, 1.807) is 71.4 Å². The van der Waals surface area contributed by atoms with E-state index < -0.39 is 45.6 Å². The lowest BCUT2D eigenvalue weighted by atomic mass is 9.33. The van der Waals surface area contributed by atoms with Crippen LogP contribution >= 0.6 is 11.8 Å². The number of carbonyl (C=O) groups is 5. The van der Waals surface area contributed by atoms with Gasteiger partial charge in [0.05, 0.1) is 29.2 Å². The molecule has 1 unspecified atom stereocenters.